The number of amides is 2. The van der Waals surface area contributed by atoms with Crippen LogP contribution in [-0.2, 0) is 14.3 Å². The van der Waals surface area contributed by atoms with Gasteiger partial charge in [0.2, 0.25) is 5.91 Å². The lowest BCUT2D eigenvalue weighted by atomic mass is 9.98. The van der Waals surface area contributed by atoms with Crippen LogP contribution in [0.25, 0.3) is 11.1 Å². The highest BCUT2D eigenvalue weighted by atomic mass is 16.5. The monoisotopic (exact) mass is 450 g/mol. The zero-order valence-electron chi connectivity index (χ0n) is 18.8. The highest BCUT2D eigenvalue weighted by molar-refractivity contribution is 5.86. The maximum Gasteiger partial charge on any atom is 0.407 e. The summed E-state index contributed by atoms with van der Waals surface area (Å²) in [6, 6.07) is 15.0. The van der Waals surface area contributed by atoms with Crippen LogP contribution < -0.4 is 10.6 Å². The second-order valence-electron chi connectivity index (χ2n) is 8.91. The molecule has 4 rings (SSSR count). The lowest BCUT2D eigenvalue weighted by Crippen LogP contribution is -2.50. The van der Waals surface area contributed by atoms with Crippen molar-refractivity contribution in [1.29, 1.82) is 0 Å². The normalized spacial score (nSPS) is 16.3. The Morgan fingerprint density at radius 3 is 2.15 bits per heavy atom. The molecule has 2 aliphatic carbocycles. The molecule has 0 heterocycles. The zero-order chi connectivity index (χ0) is 23.4. The molecule has 0 aliphatic heterocycles. The third-order valence-corrected chi connectivity index (χ3v) is 6.48. The average Bonchev–Trinajstić information content (AvgIpc) is 3.57. The third kappa shape index (κ3) is 5.53. The van der Waals surface area contributed by atoms with Crippen molar-refractivity contribution >= 4 is 18.0 Å². The number of ether oxygens (including phenoxy) is 1. The number of fused-ring (bicyclic) bond motifs is 3. The van der Waals surface area contributed by atoms with Crippen LogP contribution in [0.4, 0.5) is 4.79 Å². The van der Waals surface area contributed by atoms with Crippen molar-refractivity contribution in [2.24, 2.45) is 5.92 Å². The van der Waals surface area contributed by atoms with Gasteiger partial charge >= 0.3 is 12.1 Å². The number of nitrogens with one attached hydrogen (secondary N) is 2. The van der Waals surface area contributed by atoms with E-state index < -0.39 is 24.1 Å². The first-order chi connectivity index (χ1) is 16.0. The summed E-state index contributed by atoms with van der Waals surface area (Å²) in [6.07, 6.45) is 2.30. The van der Waals surface area contributed by atoms with Crippen molar-refractivity contribution in [2.45, 2.75) is 57.0 Å². The molecule has 0 saturated heterocycles. The molecule has 0 spiro atoms. The molecule has 0 unspecified atom stereocenters. The highest BCUT2D eigenvalue weighted by Gasteiger charge is 2.33. The van der Waals surface area contributed by atoms with E-state index in [9.17, 15) is 14.4 Å². The summed E-state index contributed by atoms with van der Waals surface area (Å²) in [6.45, 7) is 2.00. The molecular weight excluding hydrogens is 420 g/mol. The number of hydrogen-bond acceptors (Lipinski definition) is 4. The van der Waals surface area contributed by atoms with Crippen LogP contribution in [0.3, 0.4) is 0 Å². The Morgan fingerprint density at radius 1 is 1.00 bits per heavy atom. The molecule has 2 amide bonds. The van der Waals surface area contributed by atoms with Gasteiger partial charge in [0, 0.05) is 12.0 Å². The summed E-state index contributed by atoms with van der Waals surface area (Å²) in [4.78, 5) is 36.5. The standard InChI is InChI=1S/C26H30N2O5/c1-2-17(14-24(29)30)27-25(31)23(13-16-11-12-16)28-26(32)33-15-22-20-9-5-3-7-18(20)19-8-4-6-10-21(19)22/h3-10,16-17,22-23H,2,11-15H2,1H3,(H,27,31)(H,28,32)(H,29,30)/t17-,23-/m0/s1. The predicted octanol–water partition coefficient (Wildman–Crippen LogP) is 4.06. The van der Waals surface area contributed by atoms with E-state index in [1.807, 2.05) is 31.2 Å². The van der Waals surface area contributed by atoms with Crippen molar-refractivity contribution < 1.29 is 24.2 Å². The number of carboxylic acids is 1. The minimum atomic E-state index is -0.967. The third-order valence-electron chi connectivity index (χ3n) is 6.48. The Balaban J connectivity index is 1.39. The zero-order valence-corrected chi connectivity index (χ0v) is 18.8. The second kappa shape index (κ2) is 10.1. The molecule has 1 saturated carbocycles. The number of carbonyl (C=O) groups excluding carboxylic acids is 2. The molecule has 2 atom stereocenters. The number of carboxylic acid groups (broad SMARTS) is 1. The molecule has 2 aromatic rings. The number of benzene rings is 2. The molecule has 174 valence electrons. The SMILES string of the molecule is CC[C@@H](CC(=O)O)NC(=O)[C@H](CC1CC1)NC(=O)OCC1c2ccccc2-c2ccccc21. The van der Waals surface area contributed by atoms with E-state index in [1.54, 1.807) is 0 Å². The number of rotatable bonds is 10. The van der Waals surface area contributed by atoms with Gasteiger partial charge in [0.25, 0.3) is 0 Å². The lowest BCUT2D eigenvalue weighted by Gasteiger charge is -2.22. The number of aliphatic carboxylic acids is 1. The Bertz CT molecular complexity index is 987. The van der Waals surface area contributed by atoms with Crippen LogP contribution in [-0.4, -0.2) is 41.8 Å². The van der Waals surface area contributed by atoms with Crippen LogP contribution in [0.2, 0.25) is 0 Å². The van der Waals surface area contributed by atoms with Gasteiger partial charge in [-0.1, -0.05) is 68.3 Å². The van der Waals surface area contributed by atoms with Crippen molar-refractivity contribution in [3.63, 3.8) is 0 Å². The molecular formula is C26H30N2O5. The van der Waals surface area contributed by atoms with Crippen molar-refractivity contribution in [2.75, 3.05) is 6.61 Å². The smallest absolute Gasteiger partial charge is 0.407 e. The number of carbonyl (C=O) groups is 3. The molecule has 3 N–H and O–H groups in total. The van der Waals surface area contributed by atoms with Gasteiger partial charge in [-0.3, -0.25) is 9.59 Å². The van der Waals surface area contributed by atoms with Crippen molar-refractivity contribution in [3.05, 3.63) is 59.7 Å². The Kier molecular flexibility index (Phi) is 6.96. The molecule has 0 aromatic heterocycles. The van der Waals surface area contributed by atoms with E-state index in [1.165, 1.54) is 0 Å². The van der Waals surface area contributed by atoms with Gasteiger partial charge < -0.3 is 20.5 Å². The maximum atomic E-state index is 12.8. The molecule has 7 heteroatoms. The van der Waals surface area contributed by atoms with Gasteiger partial charge in [-0.25, -0.2) is 4.79 Å². The molecule has 2 aliphatic rings. The van der Waals surface area contributed by atoms with Crippen LogP contribution >= 0.6 is 0 Å². The highest BCUT2D eigenvalue weighted by Crippen LogP contribution is 2.44. The summed E-state index contributed by atoms with van der Waals surface area (Å²) >= 11 is 0. The van der Waals surface area contributed by atoms with E-state index in [4.69, 9.17) is 9.84 Å². The van der Waals surface area contributed by atoms with Crippen LogP contribution in [0.15, 0.2) is 48.5 Å². The summed E-state index contributed by atoms with van der Waals surface area (Å²) in [5.74, 6) is -0.984. The Morgan fingerprint density at radius 2 is 1.61 bits per heavy atom. The van der Waals surface area contributed by atoms with Gasteiger partial charge in [-0.2, -0.15) is 0 Å². The minimum Gasteiger partial charge on any atom is -0.481 e. The lowest BCUT2D eigenvalue weighted by molar-refractivity contribution is -0.137. The Labute approximate surface area is 193 Å². The minimum absolute atomic E-state index is 0.0566. The molecule has 0 radical (unpaired) electrons. The van der Waals surface area contributed by atoms with Gasteiger partial charge in [-0.05, 0) is 41.0 Å². The largest absolute Gasteiger partial charge is 0.481 e. The molecule has 2 aromatic carbocycles. The average molecular weight is 451 g/mol. The van der Waals surface area contributed by atoms with Crippen LogP contribution in [0.5, 0.6) is 0 Å². The number of hydrogen-bond donors (Lipinski definition) is 3. The fourth-order valence-corrected chi connectivity index (χ4v) is 4.51. The first kappa shape index (κ1) is 22.8. The predicted molar refractivity (Wildman–Crippen MR) is 124 cm³/mol. The van der Waals surface area contributed by atoms with E-state index in [0.29, 0.717) is 18.8 Å². The fourth-order valence-electron chi connectivity index (χ4n) is 4.51. The summed E-state index contributed by atoms with van der Waals surface area (Å²) in [5.41, 5.74) is 4.55. The quantitative estimate of drug-likeness (QED) is 0.506. The van der Waals surface area contributed by atoms with E-state index in [2.05, 4.69) is 34.9 Å². The van der Waals surface area contributed by atoms with Gasteiger partial charge in [-0.15, -0.1) is 0 Å². The Hall–Kier alpha value is -3.35. The van der Waals surface area contributed by atoms with E-state index in [-0.39, 0.29) is 24.9 Å². The maximum absolute atomic E-state index is 12.8. The first-order valence-electron chi connectivity index (χ1n) is 11.6. The molecule has 1 fully saturated rings. The van der Waals surface area contributed by atoms with Crippen molar-refractivity contribution in [3.8, 4) is 11.1 Å². The topological polar surface area (TPSA) is 105 Å². The van der Waals surface area contributed by atoms with E-state index in [0.717, 1.165) is 35.1 Å². The molecule has 7 nitrogen and oxygen atoms in total. The second-order valence-corrected chi connectivity index (χ2v) is 8.91. The molecule has 0 bridgehead atoms. The summed E-state index contributed by atoms with van der Waals surface area (Å²) in [7, 11) is 0. The first-order valence-corrected chi connectivity index (χ1v) is 11.6. The van der Waals surface area contributed by atoms with Gasteiger partial charge in [0.05, 0.1) is 6.42 Å². The summed E-state index contributed by atoms with van der Waals surface area (Å²) in [5, 5.41) is 14.5. The summed E-state index contributed by atoms with van der Waals surface area (Å²) < 4.78 is 5.59. The van der Waals surface area contributed by atoms with Gasteiger partial charge in [0.15, 0.2) is 0 Å². The molecule has 33 heavy (non-hydrogen) atoms. The van der Waals surface area contributed by atoms with Crippen LogP contribution in [0.1, 0.15) is 56.1 Å². The fraction of sp³-hybridized carbons (Fsp3) is 0.423. The van der Waals surface area contributed by atoms with Gasteiger partial charge in [0.1, 0.15) is 12.6 Å². The van der Waals surface area contributed by atoms with Crippen LogP contribution in [0, 0.1) is 5.92 Å². The van der Waals surface area contributed by atoms with Crippen molar-refractivity contribution in [1.82, 2.24) is 10.6 Å². The number of alkyl carbamates (subject to hydrolysis) is 1. The van der Waals surface area contributed by atoms with E-state index >= 15 is 0 Å².